The molecule has 1 aromatic rings. The maximum absolute atomic E-state index is 11.3. The van der Waals surface area contributed by atoms with Crippen molar-refractivity contribution in [3.05, 3.63) is 23.9 Å². The smallest absolute Gasteiger partial charge is 0.191 e. The molecular weight excluding hydrogens is 374 g/mol. The van der Waals surface area contributed by atoms with Gasteiger partial charge < -0.3 is 15.5 Å². The minimum atomic E-state index is -2.95. The van der Waals surface area contributed by atoms with Crippen LogP contribution >= 0.6 is 0 Å². The number of nitrogens with zero attached hydrogens (tertiary/aromatic N) is 3. The molecule has 1 aliphatic heterocycles. The monoisotopic (exact) mass is 409 g/mol. The van der Waals surface area contributed by atoms with E-state index in [2.05, 4.69) is 37.6 Å². The lowest BCUT2D eigenvalue weighted by atomic mass is 10.2. The molecule has 2 rings (SSSR count). The fraction of sp³-hybridized carbons (Fsp3) is 0.700. The molecule has 0 amide bonds. The fourth-order valence-electron chi connectivity index (χ4n) is 3.18. The maximum atomic E-state index is 11.3. The van der Waals surface area contributed by atoms with Crippen LogP contribution in [0.1, 0.15) is 51.5 Å². The third-order valence-electron chi connectivity index (χ3n) is 4.81. The Morgan fingerprint density at radius 3 is 2.54 bits per heavy atom. The molecule has 158 valence electrons. The first-order valence-electron chi connectivity index (χ1n) is 10.3. The number of guanidine groups is 1. The topological polar surface area (TPSA) is 86.7 Å². The molecule has 2 heterocycles. The summed E-state index contributed by atoms with van der Waals surface area (Å²) in [6.45, 7) is 7.43. The van der Waals surface area contributed by atoms with Gasteiger partial charge in [0.25, 0.3) is 0 Å². The van der Waals surface area contributed by atoms with Crippen molar-refractivity contribution in [2.75, 3.05) is 36.5 Å². The van der Waals surface area contributed by atoms with E-state index >= 15 is 0 Å². The second-order valence-electron chi connectivity index (χ2n) is 7.59. The zero-order valence-corrected chi connectivity index (χ0v) is 18.3. The molecule has 1 saturated heterocycles. The third-order valence-corrected chi connectivity index (χ3v) is 5.79. The summed E-state index contributed by atoms with van der Waals surface area (Å²) in [5.41, 5.74) is 1.06. The number of anilines is 1. The second kappa shape index (κ2) is 11.2. The predicted octanol–water partition coefficient (Wildman–Crippen LogP) is 2.34. The van der Waals surface area contributed by atoms with Crippen molar-refractivity contribution in [2.45, 2.75) is 58.5 Å². The lowest BCUT2D eigenvalue weighted by Crippen LogP contribution is -2.42. The highest BCUT2D eigenvalue weighted by atomic mass is 32.2. The Kier molecular flexibility index (Phi) is 9.02. The fourth-order valence-corrected chi connectivity index (χ4v) is 3.97. The van der Waals surface area contributed by atoms with E-state index in [-0.39, 0.29) is 11.8 Å². The van der Waals surface area contributed by atoms with E-state index < -0.39 is 9.84 Å². The van der Waals surface area contributed by atoms with E-state index in [0.717, 1.165) is 31.0 Å². The number of aliphatic imine (C=N–C) groups is 1. The van der Waals surface area contributed by atoms with Crippen LogP contribution in [0.15, 0.2) is 23.3 Å². The molecule has 2 N–H and O–H groups in total. The van der Waals surface area contributed by atoms with Crippen LogP contribution < -0.4 is 15.5 Å². The van der Waals surface area contributed by atoms with Crippen LogP contribution in [0.3, 0.4) is 0 Å². The molecule has 28 heavy (non-hydrogen) atoms. The van der Waals surface area contributed by atoms with Gasteiger partial charge in [0.05, 0.1) is 12.3 Å². The lowest BCUT2D eigenvalue weighted by Gasteiger charge is -2.21. The molecule has 7 nitrogen and oxygen atoms in total. The summed E-state index contributed by atoms with van der Waals surface area (Å²) in [4.78, 5) is 11.6. The Morgan fingerprint density at radius 2 is 1.96 bits per heavy atom. The summed E-state index contributed by atoms with van der Waals surface area (Å²) < 4.78 is 22.7. The van der Waals surface area contributed by atoms with E-state index in [9.17, 15) is 8.42 Å². The Morgan fingerprint density at radius 1 is 1.25 bits per heavy atom. The van der Waals surface area contributed by atoms with Crippen molar-refractivity contribution in [1.29, 1.82) is 0 Å². The number of hydrogen-bond acceptors (Lipinski definition) is 5. The van der Waals surface area contributed by atoms with Gasteiger partial charge in [-0.05, 0) is 44.7 Å². The molecule has 0 aromatic carbocycles. The molecule has 1 fully saturated rings. The molecule has 1 aliphatic rings. The lowest BCUT2D eigenvalue weighted by molar-refractivity contribution is 0.581. The van der Waals surface area contributed by atoms with Crippen LogP contribution in [-0.2, 0) is 16.4 Å². The summed E-state index contributed by atoms with van der Waals surface area (Å²) >= 11 is 0. The molecule has 0 aliphatic carbocycles. The maximum Gasteiger partial charge on any atom is 0.191 e. The van der Waals surface area contributed by atoms with Gasteiger partial charge in [0, 0.05) is 38.1 Å². The molecular formula is C20H35N5O2S. The highest BCUT2D eigenvalue weighted by molar-refractivity contribution is 7.90. The molecule has 1 aromatic heterocycles. The largest absolute Gasteiger partial charge is 0.357 e. The second-order valence-corrected chi connectivity index (χ2v) is 9.84. The normalized spacial score (nSPS) is 17.1. The van der Waals surface area contributed by atoms with Crippen LogP contribution in [0, 0.1) is 0 Å². The van der Waals surface area contributed by atoms with Gasteiger partial charge in [0.15, 0.2) is 5.96 Å². The Labute approximate surface area is 169 Å². The van der Waals surface area contributed by atoms with E-state index in [1.54, 1.807) is 0 Å². The number of pyridine rings is 1. The first-order chi connectivity index (χ1) is 13.4. The van der Waals surface area contributed by atoms with E-state index in [4.69, 9.17) is 0 Å². The van der Waals surface area contributed by atoms with Gasteiger partial charge in [-0.25, -0.2) is 18.4 Å². The summed E-state index contributed by atoms with van der Waals surface area (Å²) in [7, 11) is -2.95. The van der Waals surface area contributed by atoms with Crippen molar-refractivity contribution >= 4 is 21.6 Å². The zero-order chi connectivity index (χ0) is 20.4. The number of sulfone groups is 1. The Hall–Kier alpha value is -1.83. The summed E-state index contributed by atoms with van der Waals surface area (Å²) in [6, 6.07) is 4.20. The minimum Gasteiger partial charge on any atom is -0.357 e. The number of aromatic nitrogens is 1. The molecule has 1 unspecified atom stereocenters. The number of nitrogens with one attached hydrogen (secondary N) is 2. The van der Waals surface area contributed by atoms with Crippen molar-refractivity contribution in [1.82, 2.24) is 15.6 Å². The number of hydrogen-bond donors (Lipinski definition) is 2. The summed E-state index contributed by atoms with van der Waals surface area (Å²) in [5.74, 6) is 1.91. The van der Waals surface area contributed by atoms with Crippen LogP contribution in [-0.4, -0.2) is 57.0 Å². The highest BCUT2D eigenvalue weighted by Gasteiger charge is 2.11. The van der Waals surface area contributed by atoms with Gasteiger partial charge in [-0.2, -0.15) is 0 Å². The van der Waals surface area contributed by atoms with Gasteiger partial charge in [0.1, 0.15) is 15.7 Å². The SMILES string of the molecule is CCNC(=NCc1ccc(N2CCCCCC2)nc1)NC(C)CCS(C)(=O)=O. The van der Waals surface area contributed by atoms with Gasteiger partial charge in [0.2, 0.25) is 0 Å². The van der Waals surface area contributed by atoms with Crippen molar-refractivity contribution < 1.29 is 8.42 Å². The van der Waals surface area contributed by atoms with Gasteiger partial charge in [-0.15, -0.1) is 0 Å². The third kappa shape index (κ3) is 8.46. The molecule has 0 bridgehead atoms. The van der Waals surface area contributed by atoms with Crippen LogP contribution in [0.25, 0.3) is 0 Å². The highest BCUT2D eigenvalue weighted by Crippen LogP contribution is 2.17. The molecule has 0 saturated carbocycles. The Balaban J connectivity index is 1.92. The standard InChI is InChI=1S/C20H35N5O2S/c1-4-21-20(24-17(2)11-14-28(3,26)27)23-16-18-9-10-19(22-15-18)25-12-7-5-6-8-13-25/h9-10,15,17H,4-8,11-14,16H2,1-3H3,(H2,21,23,24). The van der Waals surface area contributed by atoms with Gasteiger partial charge in [-0.3, -0.25) is 0 Å². The van der Waals surface area contributed by atoms with Gasteiger partial charge in [-0.1, -0.05) is 18.9 Å². The van der Waals surface area contributed by atoms with E-state index in [1.165, 1.54) is 31.9 Å². The van der Waals surface area contributed by atoms with Crippen LogP contribution in [0.2, 0.25) is 0 Å². The zero-order valence-electron chi connectivity index (χ0n) is 17.4. The summed E-state index contributed by atoms with van der Waals surface area (Å²) in [5, 5.41) is 6.49. The molecule has 8 heteroatoms. The minimum absolute atomic E-state index is 0.0241. The molecule has 1 atom stereocenters. The van der Waals surface area contributed by atoms with Crippen LogP contribution in [0.5, 0.6) is 0 Å². The van der Waals surface area contributed by atoms with Crippen LogP contribution in [0.4, 0.5) is 5.82 Å². The average molecular weight is 410 g/mol. The van der Waals surface area contributed by atoms with Gasteiger partial charge >= 0.3 is 0 Å². The number of rotatable bonds is 8. The van der Waals surface area contributed by atoms with Crippen molar-refractivity contribution in [3.8, 4) is 0 Å². The van der Waals surface area contributed by atoms with E-state index in [0.29, 0.717) is 18.9 Å². The Bertz CT molecular complexity index is 711. The summed E-state index contributed by atoms with van der Waals surface area (Å²) in [6.07, 6.45) is 8.82. The molecule has 0 spiro atoms. The van der Waals surface area contributed by atoms with Crippen molar-refractivity contribution in [2.24, 2.45) is 4.99 Å². The molecule has 0 radical (unpaired) electrons. The van der Waals surface area contributed by atoms with Crippen molar-refractivity contribution in [3.63, 3.8) is 0 Å². The van der Waals surface area contributed by atoms with E-state index in [1.807, 2.05) is 20.0 Å². The average Bonchev–Trinajstić information content (AvgIpc) is 2.94. The quantitative estimate of drug-likeness (QED) is 0.506. The first-order valence-corrected chi connectivity index (χ1v) is 12.4. The predicted molar refractivity (Wildman–Crippen MR) is 117 cm³/mol. The first kappa shape index (κ1) is 22.5.